The number of amides is 1. The van der Waals surface area contributed by atoms with Gasteiger partial charge in [0.2, 0.25) is 0 Å². The predicted molar refractivity (Wildman–Crippen MR) is 132 cm³/mol. The molecule has 0 unspecified atom stereocenters. The lowest BCUT2D eigenvalue weighted by Crippen LogP contribution is -2.50. The van der Waals surface area contributed by atoms with Crippen LogP contribution in [-0.4, -0.2) is 54.4 Å². The number of piperidine rings is 1. The minimum Gasteiger partial charge on any atom is -0.469 e. The van der Waals surface area contributed by atoms with Crippen molar-refractivity contribution >= 4 is 36.0 Å². The maximum atomic E-state index is 11.9. The fraction of sp³-hybridized carbons (Fsp3) is 0.591. The van der Waals surface area contributed by atoms with Gasteiger partial charge in [-0.1, -0.05) is 19.0 Å². The third-order valence-electron chi connectivity index (χ3n) is 5.17. The summed E-state index contributed by atoms with van der Waals surface area (Å²) in [6.07, 6.45) is 3.86. The minimum absolute atomic E-state index is 0. The maximum absolute atomic E-state index is 11.9. The number of likely N-dealkylation sites (tertiary alicyclic amines) is 1. The SMILES string of the molecule is CCOC(=O)N1CCC(NC(=NCc2cc(C(C)C)no2)NCCc2ccco2)CC1.I. The number of rotatable bonds is 8. The van der Waals surface area contributed by atoms with Gasteiger partial charge in [0.05, 0.1) is 18.6 Å². The molecule has 0 spiro atoms. The first-order chi connectivity index (χ1) is 15.0. The molecule has 3 rings (SSSR count). The highest BCUT2D eigenvalue weighted by molar-refractivity contribution is 14.0. The summed E-state index contributed by atoms with van der Waals surface area (Å²) < 4.78 is 15.9. The molecule has 1 aliphatic rings. The molecule has 9 nitrogen and oxygen atoms in total. The van der Waals surface area contributed by atoms with Gasteiger partial charge in [0.1, 0.15) is 12.3 Å². The fourth-order valence-corrected chi connectivity index (χ4v) is 3.36. The Morgan fingerprint density at radius 3 is 2.75 bits per heavy atom. The minimum atomic E-state index is -0.238. The first-order valence-electron chi connectivity index (χ1n) is 11.0. The average Bonchev–Trinajstić information content (AvgIpc) is 3.45. The summed E-state index contributed by atoms with van der Waals surface area (Å²) in [5.74, 6) is 2.68. The van der Waals surface area contributed by atoms with Crippen LogP contribution in [0, 0.1) is 0 Å². The Morgan fingerprint density at radius 2 is 2.12 bits per heavy atom. The van der Waals surface area contributed by atoms with E-state index in [0.29, 0.717) is 44.7 Å². The van der Waals surface area contributed by atoms with Crippen LogP contribution in [-0.2, 0) is 17.7 Å². The van der Waals surface area contributed by atoms with Crippen LogP contribution in [0.1, 0.15) is 56.7 Å². The van der Waals surface area contributed by atoms with Gasteiger partial charge >= 0.3 is 6.09 Å². The van der Waals surface area contributed by atoms with Gasteiger partial charge in [0, 0.05) is 38.2 Å². The molecule has 0 radical (unpaired) electrons. The summed E-state index contributed by atoms with van der Waals surface area (Å²) in [7, 11) is 0. The number of ether oxygens (including phenoxy) is 1. The molecule has 1 aliphatic heterocycles. The van der Waals surface area contributed by atoms with Crippen LogP contribution in [0.3, 0.4) is 0 Å². The molecule has 0 atom stereocenters. The van der Waals surface area contributed by atoms with E-state index in [2.05, 4.69) is 34.6 Å². The lowest BCUT2D eigenvalue weighted by molar-refractivity contribution is 0.0963. The van der Waals surface area contributed by atoms with Gasteiger partial charge in [-0.2, -0.15) is 0 Å². The van der Waals surface area contributed by atoms with E-state index in [9.17, 15) is 4.79 Å². The van der Waals surface area contributed by atoms with E-state index in [4.69, 9.17) is 13.7 Å². The first-order valence-corrected chi connectivity index (χ1v) is 11.0. The van der Waals surface area contributed by atoms with Gasteiger partial charge in [0.15, 0.2) is 11.7 Å². The highest BCUT2D eigenvalue weighted by Gasteiger charge is 2.24. The van der Waals surface area contributed by atoms with Crippen LogP contribution in [0.25, 0.3) is 0 Å². The van der Waals surface area contributed by atoms with Crippen molar-refractivity contribution in [3.63, 3.8) is 0 Å². The van der Waals surface area contributed by atoms with Gasteiger partial charge in [-0.25, -0.2) is 9.79 Å². The van der Waals surface area contributed by atoms with Crippen molar-refractivity contribution in [2.24, 2.45) is 4.99 Å². The Hall–Kier alpha value is -2.24. The number of guanidine groups is 1. The molecule has 1 saturated heterocycles. The van der Waals surface area contributed by atoms with Crippen molar-refractivity contribution in [1.29, 1.82) is 0 Å². The van der Waals surface area contributed by atoms with Crippen LogP contribution >= 0.6 is 24.0 Å². The normalized spacial score (nSPS) is 14.9. The number of aliphatic imine (C=N–C) groups is 1. The Bertz CT molecular complexity index is 829. The number of halogens is 1. The summed E-state index contributed by atoms with van der Waals surface area (Å²) in [6, 6.07) is 6.02. The van der Waals surface area contributed by atoms with Crippen LogP contribution < -0.4 is 10.6 Å². The third-order valence-corrected chi connectivity index (χ3v) is 5.17. The number of aromatic nitrogens is 1. The van der Waals surface area contributed by atoms with E-state index in [0.717, 1.165) is 36.5 Å². The Morgan fingerprint density at radius 1 is 1.34 bits per heavy atom. The van der Waals surface area contributed by atoms with Crippen molar-refractivity contribution < 1.29 is 18.5 Å². The molecule has 0 bridgehead atoms. The second-order valence-corrected chi connectivity index (χ2v) is 7.90. The van der Waals surface area contributed by atoms with Gasteiger partial charge < -0.3 is 29.2 Å². The topological polar surface area (TPSA) is 105 Å². The molecule has 2 aromatic heterocycles. The molecule has 32 heavy (non-hydrogen) atoms. The average molecular weight is 559 g/mol. The summed E-state index contributed by atoms with van der Waals surface area (Å²) in [5.41, 5.74) is 0.928. The van der Waals surface area contributed by atoms with Crippen LogP contribution in [0.2, 0.25) is 0 Å². The second kappa shape index (κ2) is 13.3. The predicted octanol–water partition coefficient (Wildman–Crippen LogP) is 3.91. The summed E-state index contributed by atoms with van der Waals surface area (Å²) in [6.45, 7) is 8.79. The molecule has 2 aromatic rings. The number of nitrogens with zero attached hydrogens (tertiary/aromatic N) is 3. The van der Waals surface area contributed by atoms with Gasteiger partial charge in [0.25, 0.3) is 0 Å². The van der Waals surface area contributed by atoms with E-state index in [-0.39, 0.29) is 36.1 Å². The van der Waals surface area contributed by atoms with E-state index in [1.54, 1.807) is 11.2 Å². The summed E-state index contributed by atoms with van der Waals surface area (Å²) >= 11 is 0. The van der Waals surface area contributed by atoms with Crippen molar-refractivity contribution in [2.75, 3.05) is 26.2 Å². The zero-order valence-corrected chi connectivity index (χ0v) is 21.3. The lowest BCUT2D eigenvalue weighted by Gasteiger charge is -2.32. The highest BCUT2D eigenvalue weighted by atomic mass is 127. The monoisotopic (exact) mass is 559 g/mol. The fourth-order valence-electron chi connectivity index (χ4n) is 3.36. The smallest absolute Gasteiger partial charge is 0.409 e. The number of nitrogens with one attached hydrogen (secondary N) is 2. The number of carbonyl (C=O) groups excluding carboxylic acids is 1. The Kier molecular flexibility index (Phi) is 10.8. The molecule has 3 heterocycles. The maximum Gasteiger partial charge on any atom is 0.409 e. The van der Waals surface area contributed by atoms with Crippen LogP contribution in [0.15, 0.2) is 38.4 Å². The zero-order valence-electron chi connectivity index (χ0n) is 19.0. The molecular weight excluding hydrogens is 525 g/mol. The molecule has 1 fully saturated rings. The second-order valence-electron chi connectivity index (χ2n) is 7.90. The van der Waals surface area contributed by atoms with Crippen molar-refractivity contribution in [3.05, 3.63) is 41.7 Å². The van der Waals surface area contributed by atoms with Gasteiger partial charge in [-0.05, 0) is 37.8 Å². The largest absolute Gasteiger partial charge is 0.469 e. The van der Waals surface area contributed by atoms with Crippen molar-refractivity contribution in [3.8, 4) is 0 Å². The van der Waals surface area contributed by atoms with E-state index in [1.165, 1.54) is 0 Å². The number of carbonyl (C=O) groups is 1. The van der Waals surface area contributed by atoms with Gasteiger partial charge in [-0.3, -0.25) is 0 Å². The van der Waals surface area contributed by atoms with E-state index < -0.39 is 0 Å². The molecule has 1 amide bonds. The molecule has 10 heteroatoms. The van der Waals surface area contributed by atoms with Gasteiger partial charge in [-0.15, -0.1) is 24.0 Å². The quantitative estimate of drug-likeness (QED) is 0.287. The third kappa shape index (κ3) is 8.03. The molecule has 0 saturated carbocycles. The molecule has 178 valence electrons. The van der Waals surface area contributed by atoms with Crippen LogP contribution in [0.4, 0.5) is 4.79 Å². The molecular formula is C22H34IN5O4. The molecule has 2 N–H and O–H groups in total. The van der Waals surface area contributed by atoms with Crippen molar-refractivity contribution in [2.45, 2.75) is 58.5 Å². The van der Waals surface area contributed by atoms with E-state index in [1.807, 2.05) is 25.1 Å². The standard InChI is InChI=1S/C22H33N5O4.HI/c1-4-29-22(28)27-11-8-17(9-12-27)25-21(23-10-7-18-6-5-13-30-18)24-15-19-14-20(16(2)3)26-31-19;/h5-6,13-14,16-17H,4,7-12,15H2,1-3H3,(H2,23,24,25);1H. The molecule has 0 aliphatic carbocycles. The zero-order chi connectivity index (χ0) is 22.1. The van der Waals surface area contributed by atoms with E-state index >= 15 is 0 Å². The number of hydrogen-bond acceptors (Lipinski definition) is 6. The summed E-state index contributed by atoms with van der Waals surface area (Å²) in [5, 5.41) is 11.0. The van der Waals surface area contributed by atoms with Crippen molar-refractivity contribution in [1.82, 2.24) is 20.7 Å². The highest BCUT2D eigenvalue weighted by Crippen LogP contribution is 2.15. The first kappa shape index (κ1) is 26.0. The molecule has 0 aromatic carbocycles. The number of furan rings is 1. The number of hydrogen-bond donors (Lipinski definition) is 2. The lowest BCUT2D eigenvalue weighted by atomic mass is 10.1. The summed E-state index contributed by atoms with van der Waals surface area (Å²) in [4.78, 5) is 18.4. The Labute approximate surface area is 206 Å². The Balaban J connectivity index is 0.00000363. The van der Waals surface area contributed by atoms with Crippen LogP contribution in [0.5, 0.6) is 0 Å².